The van der Waals surface area contributed by atoms with E-state index in [1.807, 2.05) is 0 Å². The Labute approximate surface area is 112 Å². The summed E-state index contributed by atoms with van der Waals surface area (Å²) in [5.41, 5.74) is -0.231. The van der Waals surface area contributed by atoms with Gasteiger partial charge in [0.25, 0.3) is 5.56 Å². The maximum atomic E-state index is 13.7. The molecule has 0 aliphatic carbocycles. The van der Waals surface area contributed by atoms with Crippen LogP contribution >= 0.6 is 23.2 Å². The normalized spacial score (nSPS) is 10.4. The number of anilines is 1. The molecule has 1 aromatic carbocycles. The Morgan fingerprint density at radius 3 is 2.72 bits per heavy atom. The van der Waals surface area contributed by atoms with Gasteiger partial charge in [0.05, 0.1) is 11.9 Å². The van der Waals surface area contributed by atoms with Crippen LogP contribution in [0.2, 0.25) is 10.0 Å². The van der Waals surface area contributed by atoms with Crippen LogP contribution in [0.5, 0.6) is 0 Å². The standard InChI is InChI=1S/C11H8Cl2FN3O/c1-15-8-5-16-17(11(18)10(8)13)9-3-2-6(12)4-7(9)14/h2-5,15H,1H3. The van der Waals surface area contributed by atoms with Crippen molar-refractivity contribution in [3.8, 4) is 5.69 Å². The Morgan fingerprint density at radius 1 is 1.39 bits per heavy atom. The summed E-state index contributed by atoms with van der Waals surface area (Å²) in [5, 5.41) is 6.74. The molecule has 1 N–H and O–H groups in total. The van der Waals surface area contributed by atoms with Crippen LogP contribution in [0.25, 0.3) is 5.69 Å². The second kappa shape index (κ2) is 4.96. The third kappa shape index (κ3) is 2.19. The second-order valence-electron chi connectivity index (χ2n) is 3.43. The molecule has 18 heavy (non-hydrogen) atoms. The van der Waals surface area contributed by atoms with E-state index in [2.05, 4.69) is 10.4 Å². The van der Waals surface area contributed by atoms with E-state index < -0.39 is 11.4 Å². The van der Waals surface area contributed by atoms with Crippen molar-refractivity contribution in [2.75, 3.05) is 12.4 Å². The van der Waals surface area contributed by atoms with Gasteiger partial charge in [-0.05, 0) is 18.2 Å². The van der Waals surface area contributed by atoms with E-state index in [0.717, 1.165) is 10.7 Å². The first-order valence-corrected chi connectivity index (χ1v) is 5.71. The minimum absolute atomic E-state index is 0.00560. The van der Waals surface area contributed by atoms with Gasteiger partial charge in [-0.3, -0.25) is 4.79 Å². The van der Waals surface area contributed by atoms with Crippen molar-refractivity contribution in [3.05, 3.63) is 50.6 Å². The minimum Gasteiger partial charge on any atom is -0.385 e. The lowest BCUT2D eigenvalue weighted by molar-refractivity contribution is 0.605. The molecule has 0 bridgehead atoms. The lowest BCUT2D eigenvalue weighted by Gasteiger charge is -2.08. The molecule has 1 aromatic heterocycles. The number of rotatable bonds is 2. The monoisotopic (exact) mass is 287 g/mol. The molecule has 0 saturated carbocycles. The highest BCUT2D eigenvalue weighted by atomic mass is 35.5. The van der Waals surface area contributed by atoms with Crippen LogP contribution in [-0.2, 0) is 0 Å². The first kappa shape index (κ1) is 12.9. The molecule has 0 aliphatic rings. The van der Waals surface area contributed by atoms with E-state index in [-0.39, 0.29) is 15.7 Å². The maximum absolute atomic E-state index is 13.7. The zero-order chi connectivity index (χ0) is 13.3. The fourth-order valence-corrected chi connectivity index (χ4v) is 1.81. The molecule has 0 spiro atoms. The molecule has 0 amide bonds. The molecular formula is C11H8Cl2FN3O. The first-order valence-electron chi connectivity index (χ1n) is 4.95. The van der Waals surface area contributed by atoms with Crippen LogP contribution in [0, 0.1) is 5.82 Å². The molecule has 2 rings (SSSR count). The molecule has 0 unspecified atom stereocenters. The Morgan fingerprint density at radius 2 is 2.11 bits per heavy atom. The van der Waals surface area contributed by atoms with Crippen LogP contribution in [0.4, 0.5) is 10.1 Å². The first-order chi connectivity index (χ1) is 8.54. The zero-order valence-corrected chi connectivity index (χ0v) is 10.8. The summed E-state index contributed by atoms with van der Waals surface area (Å²) < 4.78 is 14.6. The van der Waals surface area contributed by atoms with Crippen LogP contribution in [0.15, 0.2) is 29.2 Å². The third-order valence-electron chi connectivity index (χ3n) is 2.33. The fourth-order valence-electron chi connectivity index (χ4n) is 1.43. The SMILES string of the molecule is CNc1cnn(-c2ccc(Cl)cc2F)c(=O)c1Cl. The summed E-state index contributed by atoms with van der Waals surface area (Å²) in [5.74, 6) is -0.648. The molecule has 0 fully saturated rings. The van der Waals surface area contributed by atoms with Crippen molar-refractivity contribution in [1.29, 1.82) is 0 Å². The average molecular weight is 288 g/mol. The molecule has 7 heteroatoms. The molecule has 0 radical (unpaired) electrons. The molecule has 2 aromatic rings. The van der Waals surface area contributed by atoms with Crippen molar-refractivity contribution in [3.63, 3.8) is 0 Å². The third-order valence-corrected chi connectivity index (χ3v) is 2.93. The minimum atomic E-state index is -0.648. The van der Waals surface area contributed by atoms with Crippen LogP contribution in [-0.4, -0.2) is 16.8 Å². The fraction of sp³-hybridized carbons (Fsp3) is 0.0909. The summed E-state index contributed by atoms with van der Waals surface area (Å²) in [6, 6.07) is 3.93. The number of benzene rings is 1. The van der Waals surface area contributed by atoms with Crippen molar-refractivity contribution in [1.82, 2.24) is 9.78 Å². The predicted octanol–water partition coefficient (Wildman–Crippen LogP) is 2.72. The van der Waals surface area contributed by atoms with E-state index >= 15 is 0 Å². The summed E-state index contributed by atoms with van der Waals surface area (Å²) >= 11 is 11.5. The lowest BCUT2D eigenvalue weighted by atomic mass is 10.3. The number of halogens is 3. The predicted molar refractivity (Wildman–Crippen MR) is 69.4 cm³/mol. The van der Waals surface area contributed by atoms with E-state index in [1.165, 1.54) is 18.3 Å². The van der Waals surface area contributed by atoms with Gasteiger partial charge in [0.1, 0.15) is 16.5 Å². The highest BCUT2D eigenvalue weighted by Gasteiger charge is 2.12. The Bertz CT molecular complexity index is 657. The van der Waals surface area contributed by atoms with Gasteiger partial charge in [0.2, 0.25) is 0 Å². The topological polar surface area (TPSA) is 46.9 Å². The molecule has 0 atom stereocenters. The molecule has 94 valence electrons. The van der Waals surface area contributed by atoms with Gasteiger partial charge in [-0.2, -0.15) is 9.78 Å². The van der Waals surface area contributed by atoms with E-state index in [0.29, 0.717) is 5.69 Å². The van der Waals surface area contributed by atoms with Gasteiger partial charge in [0, 0.05) is 12.1 Å². The van der Waals surface area contributed by atoms with Crippen molar-refractivity contribution >= 4 is 28.9 Å². The van der Waals surface area contributed by atoms with Gasteiger partial charge in [-0.15, -0.1) is 0 Å². The number of hydrogen-bond acceptors (Lipinski definition) is 3. The van der Waals surface area contributed by atoms with Gasteiger partial charge >= 0.3 is 0 Å². The smallest absolute Gasteiger partial charge is 0.292 e. The zero-order valence-electron chi connectivity index (χ0n) is 9.25. The van der Waals surface area contributed by atoms with Crippen LogP contribution in [0.3, 0.4) is 0 Å². The maximum Gasteiger partial charge on any atom is 0.292 e. The summed E-state index contributed by atoms with van der Waals surface area (Å²) in [7, 11) is 1.61. The highest BCUT2D eigenvalue weighted by molar-refractivity contribution is 6.33. The van der Waals surface area contributed by atoms with Gasteiger partial charge < -0.3 is 5.32 Å². The summed E-state index contributed by atoms with van der Waals surface area (Å²) in [4.78, 5) is 11.9. The molecular weight excluding hydrogens is 280 g/mol. The van der Waals surface area contributed by atoms with Crippen molar-refractivity contribution < 1.29 is 4.39 Å². The molecule has 4 nitrogen and oxygen atoms in total. The van der Waals surface area contributed by atoms with Gasteiger partial charge in [0.15, 0.2) is 0 Å². The number of hydrogen-bond donors (Lipinski definition) is 1. The van der Waals surface area contributed by atoms with Crippen LogP contribution in [0.1, 0.15) is 0 Å². The number of aromatic nitrogens is 2. The largest absolute Gasteiger partial charge is 0.385 e. The molecule has 0 saturated heterocycles. The lowest BCUT2D eigenvalue weighted by Crippen LogP contribution is -2.23. The average Bonchev–Trinajstić information content (AvgIpc) is 2.34. The van der Waals surface area contributed by atoms with Crippen LogP contribution < -0.4 is 10.9 Å². The van der Waals surface area contributed by atoms with E-state index in [4.69, 9.17) is 23.2 Å². The van der Waals surface area contributed by atoms with E-state index in [1.54, 1.807) is 7.05 Å². The summed E-state index contributed by atoms with van der Waals surface area (Å²) in [6.45, 7) is 0. The molecule has 1 heterocycles. The van der Waals surface area contributed by atoms with Crippen molar-refractivity contribution in [2.45, 2.75) is 0 Å². The summed E-state index contributed by atoms with van der Waals surface area (Å²) in [6.07, 6.45) is 1.35. The Kier molecular flexibility index (Phi) is 3.54. The number of nitrogens with one attached hydrogen (secondary N) is 1. The molecule has 0 aliphatic heterocycles. The quantitative estimate of drug-likeness (QED) is 0.924. The highest BCUT2D eigenvalue weighted by Crippen LogP contribution is 2.19. The van der Waals surface area contributed by atoms with E-state index in [9.17, 15) is 9.18 Å². The van der Waals surface area contributed by atoms with Gasteiger partial charge in [-0.25, -0.2) is 4.39 Å². The Hall–Kier alpha value is -1.59. The number of nitrogens with zero attached hydrogens (tertiary/aromatic N) is 2. The second-order valence-corrected chi connectivity index (χ2v) is 4.25. The Balaban J connectivity index is 2.65. The van der Waals surface area contributed by atoms with Crippen molar-refractivity contribution in [2.24, 2.45) is 0 Å². The van der Waals surface area contributed by atoms with Gasteiger partial charge in [-0.1, -0.05) is 23.2 Å².